The fourth-order valence-electron chi connectivity index (χ4n) is 3.24. The lowest BCUT2D eigenvalue weighted by molar-refractivity contribution is -0.186. The van der Waals surface area contributed by atoms with E-state index >= 15 is 0 Å². The normalized spacial score (nSPS) is 35.1. The number of nitrogens with zero attached hydrogens (tertiary/aromatic N) is 2. The van der Waals surface area contributed by atoms with Crippen LogP contribution in [-0.4, -0.2) is 29.7 Å². The van der Waals surface area contributed by atoms with Crippen LogP contribution < -0.4 is 0 Å². The van der Waals surface area contributed by atoms with Crippen molar-refractivity contribution < 1.29 is 13.2 Å². The summed E-state index contributed by atoms with van der Waals surface area (Å²) in [4.78, 5) is 2.13. The van der Waals surface area contributed by atoms with E-state index < -0.39 is 17.6 Å². The van der Waals surface area contributed by atoms with Crippen molar-refractivity contribution in [1.29, 1.82) is 5.26 Å². The molecule has 0 radical (unpaired) electrons. The molecule has 0 atom stereocenters. The molecule has 2 fully saturated rings. The van der Waals surface area contributed by atoms with Crippen molar-refractivity contribution in [3.8, 4) is 6.07 Å². The molecule has 1 saturated heterocycles. The van der Waals surface area contributed by atoms with Crippen LogP contribution in [0.15, 0.2) is 0 Å². The summed E-state index contributed by atoms with van der Waals surface area (Å²) in [6, 6.07) is 2.32. The number of alkyl halides is 3. The fourth-order valence-corrected chi connectivity index (χ4v) is 3.24. The Kier molecular flexibility index (Phi) is 3.86. The molecule has 1 heterocycles. The highest BCUT2D eigenvalue weighted by Gasteiger charge is 2.48. The number of hydrogen-bond donors (Lipinski definition) is 0. The van der Waals surface area contributed by atoms with E-state index in [0.717, 1.165) is 25.9 Å². The van der Waals surface area contributed by atoms with Crippen LogP contribution in [0.4, 0.5) is 13.2 Å². The third kappa shape index (κ3) is 2.64. The second kappa shape index (κ2) is 5.08. The van der Waals surface area contributed by atoms with Crippen LogP contribution in [0.2, 0.25) is 0 Å². The Balaban J connectivity index is 2.02. The molecule has 18 heavy (non-hydrogen) atoms. The van der Waals surface area contributed by atoms with Crippen molar-refractivity contribution in [3.05, 3.63) is 0 Å². The van der Waals surface area contributed by atoms with Gasteiger partial charge in [0.2, 0.25) is 0 Å². The second-order valence-electron chi connectivity index (χ2n) is 5.51. The average Bonchev–Trinajstić information content (AvgIpc) is 2.39. The van der Waals surface area contributed by atoms with Crippen molar-refractivity contribution in [2.45, 2.75) is 56.7 Å². The highest BCUT2D eigenvalue weighted by molar-refractivity contribution is 5.11. The first-order chi connectivity index (χ1) is 8.48. The van der Waals surface area contributed by atoms with Crippen molar-refractivity contribution in [3.63, 3.8) is 0 Å². The van der Waals surface area contributed by atoms with E-state index in [1.807, 2.05) is 0 Å². The van der Waals surface area contributed by atoms with Gasteiger partial charge in [0.25, 0.3) is 0 Å². The molecule has 2 rings (SSSR count). The molecule has 1 saturated carbocycles. The minimum absolute atomic E-state index is 0.105. The SMILES string of the molecule is N#CC1(N2CCCCC2)CCC(C(F)(F)F)CC1. The lowest BCUT2D eigenvalue weighted by Gasteiger charge is -2.45. The van der Waals surface area contributed by atoms with E-state index in [2.05, 4.69) is 11.0 Å². The number of rotatable bonds is 1. The molecule has 0 unspecified atom stereocenters. The molecule has 1 aliphatic heterocycles. The van der Waals surface area contributed by atoms with Crippen LogP contribution in [0.5, 0.6) is 0 Å². The smallest absolute Gasteiger partial charge is 0.286 e. The molecular weight excluding hydrogens is 241 g/mol. The van der Waals surface area contributed by atoms with Crippen molar-refractivity contribution in [2.75, 3.05) is 13.1 Å². The Labute approximate surface area is 106 Å². The van der Waals surface area contributed by atoms with Crippen LogP contribution in [-0.2, 0) is 0 Å². The van der Waals surface area contributed by atoms with E-state index in [9.17, 15) is 18.4 Å². The Morgan fingerprint density at radius 1 is 1.06 bits per heavy atom. The molecule has 0 bridgehead atoms. The highest BCUT2D eigenvalue weighted by atomic mass is 19.4. The van der Waals surface area contributed by atoms with Gasteiger partial charge in [0, 0.05) is 0 Å². The van der Waals surface area contributed by atoms with Gasteiger partial charge < -0.3 is 0 Å². The van der Waals surface area contributed by atoms with E-state index in [4.69, 9.17) is 0 Å². The summed E-state index contributed by atoms with van der Waals surface area (Å²) in [5.41, 5.74) is -0.623. The van der Waals surface area contributed by atoms with Gasteiger partial charge in [-0.3, -0.25) is 4.90 Å². The van der Waals surface area contributed by atoms with Gasteiger partial charge in [-0.1, -0.05) is 6.42 Å². The maximum Gasteiger partial charge on any atom is 0.391 e. The van der Waals surface area contributed by atoms with Gasteiger partial charge in [0.15, 0.2) is 0 Å². The third-order valence-corrected chi connectivity index (χ3v) is 4.45. The average molecular weight is 260 g/mol. The quantitative estimate of drug-likeness (QED) is 0.721. The van der Waals surface area contributed by atoms with E-state index in [1.165, 1.54) is 6.42 Å². The molecule has 0 aromatic carbocycles. The van der Waals surface area contributed by atoms with Crippen molar-refractivity contribution >= 4 is 0 Å². The molecule has 0 aromatic rings. The van der Waals surface area contributed by atoms with Crippen LogP contribution >= 0.6 is 0 Å². The second-order valence-corrected chi connectivity index (χ2v) is 5.51. The zero-order chi connectivity index (χ0) is 13.2. The molecule has 2 aliphatic rings. The molecule has 5 heteroatoms. The predicted octanol–water partition coefficient (Wildman–Crippen LogP) is 3.49. The monoisotopic (exact) mass is 260 g/mol. The number of piperidine rings is 1. The first kappa shape index (κ1) is 13.7. The third-order valence-electron chi connectivity index (χ3n) is 4.45. The maximum absolute atomic E-state index is 12.6. The predicted molar refractivity (Wildman–Crippen MR) is 61.8 cm³/mol. The lowest BCUT2D eigenvalue weighted by Crippen LogP contribution is -2.52. The minimum atomic E-state index is -4.09. The highest BCUT2D eigenvalue weighted by Crippen LogP contribution is 2.43. The van der Waals surface area contributed by atoms with Crippen LogP contribution in [0.1, 0.15) is 44.9 Å². The summed E-state index contributed by atoms with van der Waals surface area (Å²) in [6.07, 6.45) is 0.146. The molecule has 0 N–H and O–H groups in total. The summed E-state index contributed by atoms with van der Waals surface area (Å²) < 4.78 is 37.9. The van der Waals surface area contributed by atoms with Crippen molar-refractivity contribution in [2.24, 2.45) is 5.92 Å². The number of hydrogen-bond acceptors (Lipinski definition) is 2. The molecule has 0 amide bonds. The maximum atomic E-state index is 12.6. The molecule has 2 nitrogen and oxygen atoms in total. The lowest BCUT2D eigenvalue weighted by atomic mass is 9.75. The van der Waals surface area contributed by atoms with Crippen LogP contribution in [0.25, 0.3) is 0 Å². The molecule has 0 aromatic heterocycles. The molecule has 0 spiro atoms. The zero-order valence-electron chi connectivity index (χ0n) is 10.5. The van der Waals surface area contributed by atoms with Gasteiger partial charge in [-0.2, -0.15) is 18.4 Å². The number of halogens is 3. The Bertz CT molecular complexity index is 318. The zero-order valence-corrected chi connectivity index (χ0v) is 10.5. The van der Waals surface area contributed by atoms with Crippen LogP contribution in [0, 0.1) is 17.2 Å². The molecule has 102 valence electrons. The van der Waals surface area contributed by atoms with Gasteiger partial charge in [-0.15, -0.1) is 0 Å². The summed E-state index contributed by atoms with van der Waals surface area (Å²) in [6.45, 7) is 1.73. The van der Waals surface area contributed by atoms with Gasteiger partial charge in [-0.05, 0) is 51.6 Å². The fraction of sp³-hybridized carbons (Fsp3) is 0.923. The Hall–Kier alpha value is -0.760. The number of nitriles is 1. The van der Waals surface area contributed by atoms with E-state index in [0.29, 0.717) is 12.8 Å². The molecular formula is C13H19F3N2. The van der Waals surface area contributed by atoms with Gasteiger partial charge in [0.1, 0.15) is 5.54 Å². The van der Waals surface area contributed by atoms with Crippen molar-refractivity contribution in [1.82, 2.24) is 4.90 Å². The largest absolute Gasteiger partial charge is 0.391 e. The molecule has 1 aliphatic carbocycles. The van der Waals surface area contributed by atoms with Gasteiger partial charge in [-0.25, -0.2) is 0 Å². The summed E-state index contributed by atoms with van der Waals surface area (Å²) >= 11 is 0. The Morgan fingerprint density at radius 2 is 1.61 bits per heavy atom. The van der Waals surface area contributed by atoms with Gasteiger partial charge >= 0.3 is 6.18 Å². The summed E-state index contributed by atoms with van der Waals surface area (Å²) in [7, 11) is 0. The topological polar surface area (TPSA) is 27.0 Å². The first-order valence-electron chi connectivity index (χ1n) is 6.71. The Morgan fingerprint density at radius 3 is 2.06 bits per heavy atom. The van der Waals surface area contributed by atoms with Gasteiger partial charge in [0.05, 0.1) is 12.0 Å². The first-order valence-corrected chi connectivity index (χ1v) is 6.71. The number of likely N-dealkylation sites (tertiary alicyclic amines) is 1. The standard InChI is InChI=1S/C13H19F3N2/c14-13(15,16)11-4-6-12(10-17,7-5-11)18-8-2-1-3-9-18/h11H,1-9H2. The minimum Gasteiger partial charge on any atom is -0.286 e. The van der Waals surface area contributed by atoms with Crippen LogP contribution in [0.3, 0.4) is 0 Å². The summed E-state index contributed by atoms with van der Waals surface area (Å²) in [5.74, 6) is -1.20. The van der Waals surface area contributed by atoms with E-state index in [-0.39, 0.29) is 12.8 Å². The van der Waals surface area contributed by atoms with E-state index in [1.54, 1.807) is 0 Å². The summed E-state index contributed by atoms with van der Waals surface area (Å²) in [5, 5.41) is 9.41.